The van der Waals surface area contributed by atoms with Gasteiger partial charge in [0, 0.05) is 18.1 Å². The topological polar surface area (TPSA) is 131 Å². The molecule has 10 nitrogen and oxygen atoms in total. The van der Waals surface area contributed by atoms with Gasteiger partial charge in [0.2, 0.25) is 6.79 Å². The standard InChI is InChI=1S/C22H17N5O5/c28-20(25-15-4-2-14(3-5-15)17-7-8-24-26-17)16-10-23-22(30)27(21(16)29)11-13-1-6-18-19(9-13)32-12-31-18/h1-10H,11-12H2,(H,23,30)(H,24,26)(H,25,28). The number of hydrogen-bond acceptors (Lipinski definition) is 6. The van der Waals surface area contributed by atoms with Crippen LogP contribution in [-0.2, 0) is 6.54 Å². The van der Waals surface area contributed by atoms with Crippen molar-refractivity contribution in [2.45, 2.75) is 6.54 Å². The van der Waals surface area contributed by atoms with Crippen LogP contribution in [-0.4, -0.2) is 32.4 Å². The van der Waals surface area contributed by atoms with Crippen LogP contribution in [0.15, 0.2) is 70.5 Å². The van der Waals surface area contributed by atoms with E-state index in [2.05, 4.69) is 20.5 Å². The van der Waals surface area contributed by atoms with E-state index < -0.39 is 17.2 Å². The number of carbonyl (C=O) groups excluding carboxylic acids is 1. The summed E-state index contributed by atoms with van der Waals surface area (Å²) in [6, 6.07) is 14.0. The van der Waals surface area contributed by atoms with Crippen molar-refractivity contribution >= 4 is 11.6 Å². The van der Waals surface area contributed by atoms with Crippen molar-refractivity contribution in [2.75, 3.05) is 12.1 Å². The highest BCUT2D eigenvalue weighted by Gasteiger charge is 2.17. The normalized spacial score (nSPS) is 12.0. The Balaban J connectivity index is 1.37. The zero-order valence-electron chi connectivity index (χ0n) is 16.6. The first kappa shape index (κ1) is 19.4. The largest absolute Gasteiger partial charge is 0.454 e. The van der Waals surface area contributed by atoms with Gasteiger partial charge < -0.3 is 19.8 Å². The van der Waals surface area contributed by atoms with Gasteiger partial charge in [-0.3, -0.25) is 19.3 Å². The van der Waals surface area contributed by atoms with Crippen LogP contribution in [0.3, 0.4) is 0 Å². The number of H-pyrrole nitrogens is 2. The maximum Gasteiger partial charge on any atom is 0.328 e. The highest BCUT2D eigenvalue weighted by atomic mass is 16.7. The second kappa shape index (κ2) is 7.91. The average Bonchev–Trinajstić information content (AvgIpc) is 3.49. The van der Waals surface area contributed by atoms with Gasteiger partial charge in [-0.05, 0) is 41.5 Å². The van der Waals surface area contributed by atoms with Crippen LogP contribution in [0.2, 0.25) is 0 Å². The summed E-state index contributed by atoms with van der Waals surface area (Å²) < 4.78 is 11.6. The van der Waals surface area contributed by atoms with Crippen molar-refractivity contribution in [3.63, 3.8) is 0 Å². The van der Waals surface area contributed by atoms with Crippen LogP contribution < -0.4 is 26.0 Å². The molecule has 1 aliphatic rings. The molecule has 0 saturated heterocycles. The molecule has 5 rings (SSSR count). The molecule has 2 aromatic heterocycles. The van der Waals surface area contributed by atoms with E-state index in [1.54, 1.807) is 36.5 Å². The summed E-state index contributed by atoms with van der Waals surface area (Å²) >= 11 is 0. The number of fused-ring (bicyclic) bond motifs is 1. The molecule has 0 bridgehead atoms. The minimum Gasteiger partial charge on any atom is -0.454 e. The first-order valence-electron chi connectivity index (χ1n) is 9.71. The lowest BCUT2D eigenvalue weighted by molar-refractivity contribution is 0.102. The van der Waals surface area contributed by atoms with E-state index in [1.807, 2.05) is 18.2 Å². The molecule has 10 heteroatoms. The Morgan fingerprint density at radius 1 is 1.06 bits per heavy atom. The van der Waals surface area contributed by atoms with E-state index in [-0.39, 0.29) is 18.9 Å². The van der Waals surface area contributed by atoms with E-state index >= 15 is 0 Å². The summed E-state index contributed by atoms with van der Waals surface area (Å²) in [4.78, 5) is 40.3. The number of aromatic nitrogens is 4. The van der Waals surface area contributed by atoms with Gasteiger partial charge in [0.1, 0.15) is 5.56 Å². The zero-order valence-corrected chi connectivity index (χ0v) is 16.6. The second-order valence-corrected chi connectivity index (χ2v) is 7.09. The number of rotatable bonds is 5. The van der Waals surface area contributed by atoms with Crippen LogP contribution in [0, 0.1) is 0 Å². The Hall–Kier alpha value is -4.60. The SMILES string of the molecule is O=C(Nc1ccc(-c2ccn[nH]2)cc1)c1c[nH]c(=O)n(Cc2ccc3c(c2)OCO3)c1=O. The predicted molar refractivity (Wildman–Crippen MR) is 115 cm³/mol. The van der Waals surface area contributed by atoms with Crippen LogP contribution in [0.4, 0.5) is 5.69 Å². The fourth-order valence-corrected chi connectivity index (χ4v) is 3.39. The van der Waals surface area contributed by atoms with E-state index in [9.17, 15) is 14.4 Å². The molecule has 0 aliphatic carbocycles. The Morgan fingerprint density at radius 2 is 1.88 bits per heavy atom. The molecule has 3 heterocycles. The summed E-state index contributed by atoms with van der Waals surface area (Å²) in [5.74, 6) is 0.515. The van der Waals surface area contributed by atoms with Gasteiger partial charge in [0.25, 0.3) is 11.5 Å². The molecule has 32 heavy (non-hydrogen) atoms. The van der Waals surface area contributed by atoms with Crippen molar-refractivity contribution < 1.29 is 14.3 Å². The number of carbonyl (C=O) groups is 1. The third-order valence-electron chi connectivity index (χ3n) is 5.04. The van der Waals surface area contributed by atoms with Gasteiger partial charge in [0.05, 0.1) is 12.2 Å². The maximum absolute atomic E-state index is 12.9. The minimum atomic E-state index is -0.696. The maximum atomic E-state index is 12.9. The molecule has 0 saturated carbocycles. The van der Waals surface area contributed by atoms with E-state index in [1.165, 1.54) is 0 Å². The number of aromatic amines is 2. The summed E-state index contributed by atoms with van der Waals surface area (Å²) in [6.45, 7) is 0.0999. The summed E-state index contributed by atoms with van der Waals surface area (Å²) in [6.07, 6.45) is 2.77. The summed E-state index contributed by atoms with van der Waals surface area (Å²) in [5.41, 5.74) is 1.42. The first-order chi connectivity index (χ1) is 15.6. The minimum absolute atomic E-state index is 0.0230. The Kier molecular flexibility index (Phi) is 4.79. The van der Waals surface area contributed by atoms with Crippen molar-refractivity contribution in [3.05, 3.63) is 92.9 Å². The summed E-state index contributed by atoms with van der Waals surface area (Å²) in [5, 5.41) is 9.45. The first-order valence-corrected chi connectivity index (χ1v) is 9.71. The molecular weight excluding hydrogens is 414 g/mol. The van der Waals surface area contributed by atoms with Gasteiger partial charge in [-0.25, -0.2) is 4.79 Å². The zero-order chi connectivity index (χ0) is 22.1. The molecule has 1 aliphatic heterocycles. The number of nitrogens with one attached hydrogen (secondary N) is 3. The van der Waals surface area contributed by atoms with Gasteiger partial charge in [-0.15, -0.1) is 0 Å². The Bertz CT molecular complexity index is 1400. The molecule has 1 amide bonds. The smallest absolute Gasteiger partial charge is 0.328 e. The number of nitrogens with zero attached hydrogens (tertiary/aromatic N) is 2. The molecule has 0 unspecified atom stereocenters. The number of anilines is 1. The Morgan fingerprint density at radius 3 is 2.66 bits per heavy atom. The molecule has 0 atom stereocenters. The predicted octanol–water partition coefficient (Wildman–Crippen LogP) is 1.96. The lowest BCUT2D eigenvalue weighted by atomic mass is 10.1. The van der Waals surface area contributed by atoms with E-state index in [4.69, 9.17) is 9.47 Å². The van der Waals surface area contributed by atoms with Gasteiger partial charge in [-0.2, -0.15) is 5.10 Å². The lowest BCUT2D eigenvalue weighted by Gasteiger charge is -2.09. The fraction of sp³-hybridized carbons (Fsp3) is 0.0909. The van der Waals surface area contributed by atoms with Crippen LogP contribution in [0.1, 0.15) is 15.9 Å². The van der Waals surface area contributed by atoms with Crippen molar-refractivity contribution in [2.24, 2.45) is 0 Å². The van der Waals surface area contributed by atoms with Crippen molar-refractivity contribution in [1.29, 1.82) is 0 Å². The summed E-state index contributed by atoms with van der Waals surface area (Å²) in [7, 11) is 0. The van der Waals surface area contributed by atoms with Crippen molar-refractivity contribution in [3.8, 4) is 22.8 Å². The van der Waals surface area contributed by atoms with Gasteiger partial charge in [-0.1, -0.05) is 18.2 Å². The third-order valence-corrected chi connectivity index (χ3v) is 5.04. The van der Waals surface area contributed by atoms with E-state index in [0.29, 0.717) is 22.7 Å². The van der Waals surface area contributed by atoms with E-state index in [0.717, 1.165) is 22.0 Å². The quantitative estimate of drug-likeness (QED) is 0.443. The molecule has 0 fully saturated rings. The average molecular weight is 431 g/mol. The van der Waals surface area contributed by atoms with Crippen LogP contribution in [0.25, 0.3) is 11.3 Å². The molecule has 0 spiro atoms. The highest BCUT2D eigenvalue weighted by molar-refractivity contribution is 6.03. The number of ether oxygens (including phenoxy) is 2. The fourth-order valence-electron chi connectivity index (χ4n) is 3.39. The van der Waals surface area contributed by atoms with Gasteiger partial charge in [0.15, 0.2) is 11.5 Å². The van der Waals surface area contributed by atoms with Crippen LogP contribution in [0.5, 0.6) is 11.5 Å². The molecule has 2 aromatic carbocycles. The van der Waals surface area contributed by atoms with Crippen LogP contribution >= 0.6 is 0 Å². The second-order valence-electron chi connectivity index (χ2n) is 7.09. The third kappa shape index (κ3) is 3.65. The molecular formula is C22H17N5O5. The number of amides is 1. The molecule has 0 radical (unpaired) electrons. The lowest BCUT2D eigenvalue weighted by Crippen LogP contribution is -2.39. The number of benzene rings is 2. The highest BCUT2D eigenvalue weighted by Crippen LogP contribution is 2.32. The number of hydrogen-bond donors (Lipinski definition) is 3. The molecule has 4 aromatic rings. The molecule has 160 valence electrons. The van der Waals surface area contributed by atoms with Crippen molar-refractivity contribution in [1.82, 2.24) is 19.7 Å². The monoisotopic (exact) mass is 431 g/mol. The Labute approximate surface area is 180 Å². The molecule has 3 N–H and O–H groups in total. The van der Waals surface area contributed by atoms with Gasteiger partial charge >= 0.3 is 5.69 Å².